The number of benzene rings is 2. The molecule has 0 spiro atoms. The molecule has 0 amide bonds. The third-order valence-corrected chi connectivity index (χ3v) is 6.63. The normalized spacial score (nSPS) is 11.5. The lowest BCUT2D eigenvalue weighted by Crippen LogP contribution is -2.31. The summed E-state index contributed by atoms with van der Waals surface area (Å²) in [6.45, 7) is 0.831. The van der Waals surface area contributed by atoms with Crippen LogP contribution in [0.4, 0.5) is 0 Å². The van der Waals surface area contributed by atoms with Gasteiger partial charge in [-0.25, -0.2) is 8.42 Å². The van der Waals surface area contributed by atoms with E-state index in [-0.39, 0.29) is 24.5 Å². The minimum Gasteiger partial charge on any atom is -0.492 e. The summed E-state index contributed by atoms with van der Waals surface area (Å²) in [6, 6.07) is 15.7. The highest BCUT2D eigenvalue weighted by molar-refractivity contribution is 7.89. The molecule has 3 rings (SSSR count). The van der Waals surface area contributed by atoms with Crippen molar-refractivity contribution in [3.05, 3.63) is 78.1 Å². The molecule has 31 heavy (non-hydrogen) atoms. The molecular formula is C22H25N3O5S. The topological polar surface area (TPSA) is 102 Å². The number of hydrogen-bond acceptors (Lipinski definition) is 5. The van der Waals surface area contributed by atoms with Gasteiger partial charge in [0.25, 0.3) is 0 Å². The molecule has 0 saturated carbocycles. The molecule has 1 heterocycles. The summed E-state index contributed by atoms with van der Waals surface area (Å²) in [5.74, 6) is -0.336. The van der Waals surface area contributed by atoms with Crippen LogP contribution in [0.5, 0.6) is 5.75 Å². The zero-order valence-electron chi connectivity index (χ0n) is 17.2. The van der Waals surface area contributed by atoms with E-state index in [1.54, 1.807) is 41.2 Å². The molecule has 0 saturated heterocycles. The molecule has 0 aliphatic carbocycles. The molecule has 1 aromatic heterocycles. The quantitative estimate of drug-likeness (QED) is 0.489. The van der Waals surface area contributed by atoms with Crippen LogP contribution < -0.4 is 4.74 Å². The van der Waals surface area contributed by atoms with Crippen molar-refractivity contribution in [3.63, 3.8) is 0 Å². The highest BCUT2D eigenvalue weighted by atomic mass is 32.2. The highest BCUT2D eigenvalue weighted by Crippen LogP contribution is 2.23. The lowest BCUT2D eigenvalue weighted by atomic mass is 10.1. The van der Waals surface area contributed by atoms with E-state index in [1.807, 2.05) is 30.5 Å². The average Bonchev–Trinajstić information content (AvgIpc) is 3.26. The predicted octanol–water partition coefficient (Wildman–Crippen LogP) is 2.65. The predicted molar refractivity (Wildman–Crippen MR) is 115 cm³/mol. The van der Waals surface area contributed by atoms with Crippen molar-refractivity contribution in [1.82, 2.24) is 14.1 Å². The summed E-state index contributed by atoms with van der Waals surface area (Å²) in [7, 11) is -2.10. The molecular weight excluding hydrogens is 418 g/mol. The smallest absolute Gasteiger partial charge is 0.303 e. The standard InChI is InChI=1S/C22H25N3O5S/c1-24(31(28,29)20-6-3-2-4-7-20)14-15-30-21-16-18(17-25-13-5-12-23-25)8-9-19(21)10-11-22(26)27/h2-9,12-13,16H,10-11,14-15,17H2,1H3,(H,26,27). The van der Waals surface area contributed by atoms with Crippen LogP contribution in [0.2, 0.25) is 0 Å². The van der Waals surface area contributed by atoms with Gasteiger partial charge in [0.1, 0.15) is 12.4 Å². The molecule has 164 valence electrons. The Morgan fingerprint density at radius 1 is 1.16 bits per heavy atom. The van der Waals surface area contributed by atoms with Gasteiger partial charge in [-0.1, -0.05) is 30.3 Å². The summed E-state index contributed by atoms with van der Waals surface area (Å²) in [4.78, 5) is 11.2. The molecule has 9 heteroatoms. The highest BCUT2D eigenvalue weighted by Gasteiger charge is 2.20. The number of likely N-dealkylation sites (N-methyl/N-ethyl adjacent to an activating group) is 1. The van der Waals surface area contributed by atoms with Gasteiger partial charge in [0.15, 0.2) is 0 Å². The number of carboxylic acids is 1. The van der Waals surface area contributed by atoms with Crippen molar-refractivity contribution in [2.24, 2.45) is 0 Å². The summed E-state index contributed by atoms with van der Waals surface area (Å²) in [5.41, 5.74) is 1.71. The lowest BCUT2D eigenvalue weighted by Gasteiger charge is -2.19. The first-order valence-corrected chi connectivity index (χ1v) is 11.3. The van der Waals surface area contributed by atoms with Crippen LogP contribution >= 0.6 is 0 Å². The van der Waals surface area contributed by atoms with Crippen LogP contribution in [-0.2, 0) is 27.8 Å². The number of carboxylic acid groups (broad SMARTS) is 1. The second-order valence-electron chi connectivity index (χ2n) is 7.03. The van der Waals surface area contributed by atoms with Crippen molar-refractivity contribution in [1.29, 1.82) is 0 Å². The van der Waals surface area contributed by atoms with E-state index in [0.717, 1.165) is 11.1 Å². The number of ether oxygens (including phenoxy) is 1. The fourth-order valence-electron chi connectivity index (χ4n) is 3.04. The van der Waals surface area contributed by atoms with Gasteiger partial charge in [-0.15, -0.1) is 0 Å². The van der Waals surface area contributed by atoms with Gasteiger partial charge in [-0.05, 0) is 41.8 Å². The van der Waals surface area contributed by atoms with Gasteiger partial charge in [0, 0.05) is 32.4 Å². The molecule has 0 aliphatic rings. The van der Waals surface area contributed by atoms with Gasteiger partial charge >= 0.3 is 5.97 Å². The molecule has 3 aromatic rings. The third-order valence-electron chi connectivity index (χ3n) is 4.76. The Morgan fingerprint density at radius 3 is 2.61 bits per heavy atom. The van der Waals surface area contributed by atoms with Gasteiger partial charge in [0.05, 0.1) is 11.4 Å². The van der Waals surface area contributed by atoms with E-state index in [0.29, 0.717) is 18.7 Å². The molecule has 0 fully saturated rings. The Labute approximate surface area is 181 Å². The largest absolute Gasteiger partial charge is 0.492 e. The van der Waals surface area contributed by atoms with Crippen molar-refractivity contribution in [2.45, 2.75) is 24.3 Å². The fourth-order valence-corrected chi connectivity index (χ4v) is 4.21. The van der Waals surface area contributed by atoms with Crippen LogP contribution in [0.1, 0.15) is 17.5 Å². The van der Waals surface area contributed by atoms with Crippen molar-refractivity contribution in [3.8, 4) is 5.75 Å². The van der Waals surface area contributed by atoms with Crippen LogP contribution in [0.15, 0.2) is 71.9 Å². The number of aromatic nitrogens is 2. The van der Waals surface area contributed by atoms with E-state index in [4.69, 9.17) is 9.84 Å². The number of rotatable bonds is 11. The Balaban J connectivity index is 1.69. The van der Waals surface area contributed by atoms with E-state index < -0.39 is 16.0 Å². The number of sulfonamides is 1. The molecule has 0 unspecified atom stereocenters. The summed E-state index contributed by atoms with van der Waals surface area (Å²) >= 11 is 0. The maximum absolute atomic E-state index is 12.6. The Kier molecular flexibility index (Phi) is 7.43. The van der Waals surface area contributed by atoms with Crippen molar-refractivity contribution < 1.29 is 23.1 Å². The number of nitrogens with zero attached hydrogens (tertiary/aromatic N) is 3. The summed E-state index contributed by atoms with van der Waals surface area (Å²) < 4.78 is 34.2. The minimum atomic E-state index is -3.60. The first-order valence-electron chi connectivity index (χ1n) is 9.81. The monoisotopic (exact) mass is 443 g/mol. The fraction of sp³-hybridized carbons (Fsp3) is 0.273. The molecule has 0 bridgehead atoms. The van der Waals surface area contributed by atoms with Gasteiger partial charge in [-0.3, -0.25) is 9.48 Å². The summed E-state index contributed by atoms with van der Waals surface area (Å²) in [6.07, 6.45) is 3.85. The number of hydrogen-bond donors (Lipinski definition) is 1. The van der Waals surface area contributed by atoms with Gasteiger partial charge in [-0.2, -0.15) is 9.40 Å². The van der Waals surface area contributed by atoms with Gasteiger partial charge < -0.3 is 9.84 Å². The number of aryl methyl sites for hydroxylation is 1. The van der Waals surface area contributed by atoms with Gasteiger partial charge in [0.2, 0.25) is 10.0 Å². The number of carbonyl (C=O) groups is 1. The molecule has 8 nitrogen and oxygen atoms in total. The van der Waals surface area contributed by atoms with Crippen molar-refractivity contribution in [2.75, 3.05) is 20.2 Å². The van der Waals surface area contributed by atoms with Crippen LogP contribution in [0.3, 0.4) is 0 Å². The van der Waals surface area contributed by atoms with Crippen LogP contribution in [-0.4, -0.2) is 53.8 Å². The molecule has 0 aliphatic heterocycles. The molecule has 1 N–H and O–H groups in total. The van der Waals surface area contributed by atoms with Crippen LogP contribution in [0, 0.1) is 0 Å². The summed E-state index contributed by atoms with van der Waals surface area (Å²) in [5, 5.41) is 13.2. The Hall–Kier alpha value is -3.17. The molecule has 0 radical (unpaired) electrons. The molecule has 2 aromatic carbocycles. The van der Waals surface area contributed by atoms with Crippen molar-refractivity contribution >= 4 is 16.0 Å². The SMILES string of the molecule is CN(CCOc1cc(Cn2cccn2)ccc1CCC(=O)O)S(=O)(=O)c1ccccc1. The second-order valence-corrected chi connectivity index (χ2v) is 9.07. The minimum absolute atomic E-state index is 0.0167. The zero-order valence-corrected chi connectivity index (χ0v) is 18.0. The third kappa shape index (κ3) is 6.16. The van der Waals surface area contributed by atoms with E-state index in [1.165, 1.54) is 11.4 Å². The number of aliphatic carboxylic acids is 1. The lowest BCUT2D eigenvalue weighted by molar-refractivity contribution is -0.136. The first kappa shape index (κ1) is 22.5. The zero-order chi connectivity index (χ0) is 22.3. The average molecular weight is 444 g/mol. The maximum atomic E-state index is 12.6. The second kappa shape index (κ2) is 10.2. The molecule has 0 atom stereocenters. The van der Waals surface area contributed by atoms with E-state index in [9.17, 15) is 13.2 Å². The Morgan fingerprint density at radius 2 is 1.94 bits per heavy atom. The van der Waals surface area contributed by atoms with Crippen LogP contribution in [0.25, 0.3) is 0 Å². The van der Waals surface area contributed by atoms with E-state index >= 15 is 0 Å². The van der Waals surface area contributed by atoms with E-state index in [2.05, 4.69) is 5.10 Å². The Bertz CT molecular complexity index is 1100. The first-order chi connectivity index (χ1) is 14.9. The maximum Gasteiger partial charge on any atom is 0.303 e.